The van der Waals surface area contributed by atoms with E-state index in [-0.39, 0.29) is 0 Å². The summed E-state index contributed by atoms with van der Waals surface area (Å²) < 4.78 is 1.51. The molecule has 0 aliphatic carbocycles. The van der Waals surface area contributed by atoms with Crippen LogP contribution in [0.1, 0.15) is 5.82 Å². The SMILES string of the molecule is Cc1nnnn1C(=S)N(C)C. The summed E-state index contributed by atoms with van der Waals surface area (Å²) in [6, 6.07) is 0. The molecule has 0 aliphatic rings. The number of thiocarbonyl (C=S) groups is 1. The summed E-state index contributed by atoms with van der Waals surface area (Å²) in [6.07, 6.45) is 0. The van der Waals surface area contributed by atoms with E-state index in [1.165, 1.54) is 4.68 Å². The van der Waals surface area contributed by atoms with Gasteiger partial charge in [-0.05, 0) is 29.6 Å². The lowest BCUT2D eigenvalue weighted by Gasteiger charge is -2.12. The number of aryl methyl sites for hydroxylation is 1. The second kappa shape index (κ2) is 2.91. The number of aromatic nitrogens is 4. The van der Waals surface area contributed by atoms with Gasteiger partial charge in [0.25, 0.3) is 0 Å². The topological polar surface area (TPSA) is 46.8 Å². The van der Waals surface area contributed by atoms with Crippen LogP contribution in [0.4, 0.5) is 0 Å². The first-order valence-electron chi connectivity index (χ1n) is 3.09. The van der Waals surface area contributed by atoms with Gasteiger partial charge in [0.05, 0.1) is 0 Å². The Labute approximate surface area is 70.0 Å². The molecule has 11 heavy (non-hydrogen) atoms. The lowest BCUT2D eigenvalue weighted by molar-refractivity contribution is 0.589. The Kier molecular flexibility index (Phi) is 2.13. The van der Waals surface area contributed by atoms with Gasteiger partial charge in [-0.15, -0.1) is 5.10 Å². The van der Waals surface area contributed by atoms with E-state index in [9.17, 15) is 0 Å². The Bertz CT molecular complexity index is 266. The number of hydrogen-bond acceptors (Lipinski definition) is 4. The predicted molar refractivity (Wildman–Crippen MR) is 44.2 cm³/mol. The predicted octanol–water partition coefficient (Wildman–Crippen LogP) is -0.324. The van der Waals surface area contributed by atoms with E-state index >= 15 is 0 Å². The van der Waals surface area contributed by atoms with Gasteiger partial charge in [0, 0.05) is 14.1 Å². The highest BCUT2D eigenvalue weighted by atomic mass is 32.1. The van der Waals surface area contributed by atoms with Gasteiger partial charge in [-0.25, -0.2) is 0 Å². The fraction of sp³-hybridized carbons (Fsp3) is 0.600. The average molecular weight is 171 g/mol. The molecule has 0 fully saturated rings. The molecule has 1 aromatic heterocycles. The molecule has 1 rings (SSSR count). The lowest BCUT2D eigenvalue weighted by Crippen LogP contribution is -2.28. The molecule has 60 valence electrons. The maximum absolute atomic E-state index is 5.03. The Balaban J connectivity index is 2.93. The fourth-order valence-electron chi connectivity index (χ4n) is 0.598. The van der Waals surface area contributed by atoms with Crippen molar-refractivity contribution in [1.29, 1.82) is 0 Å². The summed E-state index contributed by atoms with van der Waals surface area (Å²) >= 11 is 5.03. The van der Waals surface area contributed by atoms with Crippen molar-refractivity contribution in [3.63, 3.8) is 0 Å². The average Bonchev–Trinajstić information content (AvgIpc) is 2.33. The minimum Gasteiger partial charge on any atom is -0.353 e. The normalized spacial score (nSPS) is 9.73. The molecule has 5 nitrogen and oxygen atoms in total. The quantitative estimate of drug-likeness (QED) is 0.500. The highest BCUT2D eigenvalue weighted by molar-refractivity contribution is 7.80. The highest BCUT2D eigenvalue weighted by Gasteiger charge is 2.06. The van der Waals surface area contributed by atoms with Crippen molar-refractivity contribution in [3.8, 4) is 0 Å². The maximum atomic E-state index is 5.03. The molecule has 0 spiro atoms. The van der Waals surface area contributed by atoms with Crippen LogP contribution in [0.3, 0.4) is 0 Å². The van der Waals surface area contributed by atoms with Crippen LogP contribution >= 0.6 is 12.2 Å². The van der Waals surface area contributed by atoms with Gasteiger partial charge in [-0.3, -0.25) is 0 Å². The smallest absolute Gasteiger partial charge is 0.199 e. The summed E-state index contributed by atoms with van der Waals surface area (Å²) in [5, 5.41) is 11.5. The van der Waals surface area contributed by atoms with Crippen LogP contribution in [0, 0.1) is 6.92 Å². The molecule has 0 saturated heterocycles. The van der Waals surface area contributed by atoms with E-state index in [0.29, 0.717) is 10.9 Å². The third-order valence-corrected chi connectivity index (χ3v) is 1.73. The fourth-order valence-corrected chi connectivity index (χ4v) is 0.767. The molecule has 1 aromatic rings. The first-order chi connectivity index (χ1) is 5.13. The second-order valence-corrected chi connectivity index (χ2v) is 2.68. The summed E-state index contributed by atoms with van der Waals surface area (Å²) in [5.74, 6) is 0.698. The van der Waals surface area contributed by atoms with Crippen molar-refractivity contribution in [2.45, 2.75) is 6.92 Å². The molecule has 0 radical (unpaired) electrons. The maximum Gasteiger partial charge on any atom is 0.199 e. The molecule has 0 aliphatic heterocycles. The monoisotopic (exact) mass is 171 g/mol. The van der Waals surface area contributed by atoms with Crippen molar-refractivity contribution < 1.29 is 0 Å². The summed E-state index contributed by atoms with van der Waals surface area (Å²) in [7, 11) is 3.70. The van der Waals surface area contributed by atoms with Gasteiger partial charge in [0.2, 0.25) is 0 Å². The molecule has 6 heteroatoms. The molecule has 0 unspecified atom stereocenters. The zero-order valence-electron chi connectivity index (χ0n) is 6.64. The van der Waals surface area contributed by atoms with E-state index < -0.39 is 0 Å². The van der Waals surface area contributed by atoms with Crippen molar-refractivity contribution in [2.75, 3.05) is 14.1 Å². The molecule has 0 aromatic carbocycles. The van der Waals surface area contributed by atoms with Crippen LogP contribution in [-0.2, 0) is 0 Å². The van der Waals surface area contributed by atoms with Crippen molar-refractivity contribution in [1.82, 2.24) is 25.1 Å². The Morgan fingerprint density at radius 3 is 2.55 bits per heavy atom. The first-order valence-corrected chi connectivity index (χ1v) is 3.50. The number of hydrogen-bond donors (Lipinski definition) is 0. The number of rotatable bonds is 0. The Morgan fingerprint density at radius 2 is 2.18 bits per heavy atom. The molecule has 0 bridgehead atoms. The van der Waals surface area contributed by atoms with Crippen molar-refractivity contribution in [2.24, 2.45) is 0 Å². The van der Waals surface area contributed by atoms with Gasteiger partial charge in [0.15, 0.2) is 10.9 Å². The van der Waals surface area contributed by atoms with Crippen molar-refractivity contribution in [3.05, 3.63) is 5.82 Å². The molecule has 0 amide bonds. The van der Waals surface area contributed by atoms with Gasteiger partial charge >= 0.3 is 0 Å². The lowest BCUT2D eigenvalue weighted by atomic mass is 10.7. The molecular formula is C5H9N5S. The van der Waals surface area contributed by atoms with Crippen LogP contribution in [0.15, 0.2) is 0 Å². The molecule has 0 N–H and O–H groups in total. The van der Waals surface area contributed by atoms with Crippen LogP contribution in [-0.4, -0.2) is 44.3 Å². The minimum atomic E-state index is 0.590. The van der Waals surface area contributed by atoms with E-state index in [1.807, 2.05) is 14.1 Å². The van der Waals surface area contributed by atoms with Gasteiger partial charge in [-0.2, -0.15) is 4.68 Å². The van der Waals surface area contributed by atoms with E-state index in [1.54, 1.807) is 11.8 Å². The van der Waals surface area contributed by atoms with Crippen LogP contribution in [0.25, 0.3) is 0 Å². The molecule has 0 saturated carbocycles. The highest BCUT2D eigenvalue weighted by Crippen LogP contribution is 1.91. The molecule has 0 atom stereocenters. The van der Waals surface area contributed by atoms with Crippen molar-refractivity contribution >= 4 is 17.3 Å². The van der Waals surface area contributed by atoms with Gasteiger partial charge < -0.3 is 4.90 Å². The molecule has 1 heterocycles. The van der Waals surface area contributed by atoms with Gasteiger partial charge in [-0.1, -0.05) is 0 Å². The zero-order chi connectivity index (χ0) is 8.43. The van der Waals surface area contributed by atoms with E-state index in [4.69, 9.17) is 12.2 Å². The Hall–Kier alpha value is -1.04. The van der Waals surface area contributed by atoms with Crippen LogP contribution in [0.2, 0.25) is 0 Å². The van der Waals surface area contributed by atoms with Gasteiger partial charge in [0.1, 0.15) is 0 Å². The summed E-state index contributed by atoms with van der Waals surface area (Å²) in [6.45, 7) is 1.80. The molecular weight excluding hydrogens is 162 g/mol. The standard InChI is InChI=1S/C5H9N5S/c1-4-6-7-8-10(4)5(11)9(2)3/h1-3H3. The third kappa shape index (κ3) is 1.51. The summed E-state index contributed by atoms with van der Waals surface area (Å²) in [5.41, 5.74) is 0. The van der Waals surface area contributed by atoms with Crippen LogP contribution < -0.4 is 0 Å². The second-order valence-electron chi connectivity index (χ2n) is 2.31. The minimum absolute atomic E-state index is 0.590. The zero-order valence-corrected chi connectivity index (χ0v) is 7.46. The Morgan fingerprint density at radius 1 is 1.55 bits per heavy atom. The number of nitrogens with zero attached hydrogens (tertiary/aromatic N) is 5. The first kappa shape index (κ1) is 8.06. The largest absolute Gasteiger partial charge is 0.353 e. The van der Waals surface area contributed by atoms with E-state index in [0.717, 1.165) is 0 Å². The summed E-state index contributed by atoms with van der Waals surface area (Å²) in [4.78, 5) is 1.78. The number of tetrazole rings is 1. The van der Waals surface area contributed by atoms with Crippen LogP contribution in [0.5, 0.6) is 0 Å². The van der Waals surface area contributed by atoms with E-state index in [2.05, 4.69) is 15.5 Å². The third-order valence-electron chi connectivity index (χ3n) is 1.19.